The van der Waals surface area contributed by atoms with Crippen LogP contribution in [0.2, 0.25) is 0 Å². The van der Waals surface area contributed by atoms with Gasteiger partial charge in [-0.05, 0) is 12.1 Å². The summed E-state index contributed by atoms with van der Waals surface area (Å²) in [6.45, 7) is -0.954. The van der Waals surface area contributed by atoms with E-state index in [2.05, 4.69) is 14.2 Å². The number of carbonyl (C=O) groups is 1. The van der Waals surface area contributed by atoms with Crippen LogP contribution in [-0.2, 0) is 18.4 Å². The molecule has 2 heterocycles. The molecule has 0 aromatic carbocycles. The minimum absolute atomic E-state index is 0.442. The second-order valence-electron chi connectivity index (χ2n) is 5.14. The molecule has 1 aromatic heterocycles. The van der Waals surface area contributed by atoms with Crippen LogP contribution in [0.1, 0.15) is 10.4 Å². The van der Waals surface area contributed by atoms with Gasteiger partial charge in [-0.25, -0.2) is 9.09 Å². The van der Waals surface area contributed by atoms with E-state index in [-0.39, 0.29) is 0 Å². The monoisotopic (exact) mass is 432 g/mol. The van der Waals surface area contributed by atoms with Gasteiger partial charge in [-0.1, -0.05) is 0 Å². The number of hydrogen-bond acceptors (Lipinski definition) is 9. The average molecular weight is 432 g/mol. The van der Waals surface area contributed by atoms with E-state index in [4.69, 9.17) is 30.4 Å². The Labute approximate surface area is 151 Å². The summed E-state index contributed by atoms with van der Waals surface area (Å²) < 4.78 is 30.1. The summed E-state index contributed by atoms with van der Waals surface area (Å²) in [5.74, 6) is -0.442. The SMILES string of the molecule is NC(=O)c1cccnc1.O=P(O)(O)OC1(P(=O)(O)O)O[C@H](CO)[C@@H](O)[C@H]1O. The van der Waals surface area contributed by atoms with Crippen LogP contribution < -0.4 is 5.73 Å². The Kier molecular flexibility index (Phi) is 7.76. The molecule has 0 aliphatic carbocycles. The lowest BCUT2D eigenvalue weighted by molar-refractivity contribution is -0.173. The number of aliphatic hydroxyl groups is 3. The Morgan fingerprint density at radius 2 is 1.89 bits per heavy atom. The molecule has 14 nitrogen and oxygen atoms in total. The van der Waals surface area contributed by atoms with Gasteiger partial charge in [0.2, 0.25) is 5.91 Å². The fourth-order valence-electron chi connectivity index (χ4n) is 1.97. The van der Waals surface area contributed by atoms with E-state index in [1.807, 2.05) is 0 Å². The highest BCUT2D eigenvalue weighted by molar-refractivity contribution is 7.54. The summed E-state index contributed by atoms with van der Waals surface area (Å²) in [7, 11) is -11.0. The molecule has 27 heavy (non-hydrogen) atoms. The van der Waals surface area contributed by atoms with Gasteiger partial charge in [0.25, 0.3) is 0 Å². The molecule has 154 valence electrons. The predicted molar refractivity (Wildman–Crippen MR) is 84.6 cm³/mol. The van der Waals surface area contributed by atoms with Gasteiger partial charge in [0.05, 0.1) is 12.2 Å². The lowest BCUT2D eigenvalue weighted by Gasteiger charge is -2.31. The number of carbonyl (C=O) groups excluding carboxylic acids is 1. The number of phosphoric ester groups is 1. The normalized spacial score (nSPS) is 28.3. The third kappa shape index (κ3) is 5.85. The highest BCUT2D eigenvalue weighted by atomic mass is 31.2. The Bertz CT molecular complexity index is 736. The molecule has 1 aliphatic rings. The maximum Gasteiger partial charge on any atom is 0.472 e. The number of amides is 1. The fourth-order valence-corrected chi connectivity index (χ4v) is 3.98. The maximum absolute atomic E-state index is 11.2. The van der Waals surface area contributed by atoms with Gasteiger partial charge in [-0.2, -0.15) is 0 Å². The van der Waals surface area contributed by atoms with E-state index < -0.39 is 51.8 Å². The van der Waals surface area contributed by atoms with Crippen LogP contribution in [0.25, 0.3) is 0 Å². The van der Waals surface area contributed by atoms with Crippen LogP contribution in [0.15, 0.2) is 24.5 Å². The molecular formula is C11H18N2O12P2. The summed E-state index contributed by atoms with van der Waals surface area (Å²) in [5, 5.41) is 27.6. The number of ether oxygens (including phenoxy) is 1. The van der Waals surface area contributed by atoms with Gasteiger partial charge in [0, 0.05) is 12.4 Å². The molecule has 1 saturated heterocycles. The smallest absolute Gasteiger partial charge is 0.394 e. The van der Waals surface area contributed by atoms with Crippen LogP contribution in [0, 0.1) is 0 Å². The first-order chi connectivity index (χ1) is 12.2. The molecule has 2 rings (SSSR count). The minimum atomic E-state index is -5.54. The number of nitrogens with two attached hydrogens (primary N) is 1. The third-order valence-electron chi connectivity index (χ3n) is 3.18. The van der Waals surface area contributed by atoms with Gasteiger partial charge >= 0.3 is 20.9 Å². The van der Waals surface area contributed by atoms with Crippen LogP contribution in [0.5, 0.6) is 0 Å². The summed E-state index contributed by atoms with van der Waals surface area (Å²) in [5.41, 5.74) is 1.95. The average Bonchev–Trinajstić information content (AvgIpc) is 2.80. The molecule has 1 aliphatic heterocycles. The Hall–Kier alpha value is -1.28. The molecule has 1 fully saturated rings. The quantitative estimate of drug-likeness (QED) is 0.220. The largest absolute Gasteiger partial charge is 0.472 e. The summed E-state index contributed by atoms with van der Waals surface area (Å²) >= 11 is 0. The summed E-state index contributed by atoms with van der Waals surface area (Å²) in [6.07, 6.45) is -3.09. The lowest BCUT2D eigenvalue weighted by atomic mass is 10.1. The van der Waals surface area contributed by atoms with E-state index in [1.165, 1.54) is 6.20 Å². The first-order valence-electron chi connectivity index (χ1n) is 6.91. The van der Waals surface area contributed by atoms with E-state index in [0.717, 1.165) is 0 Å². The van der Waals surface area contributed by atoms with Crippen molar-refractivity contribution in [1.29, 1.82) is 0 Å². The maximum atomic E-state index is 11.2. The Morgan fingerprint density at radius 3 is 2.19 bits per heavy atom. The molecule has 1 aromatic rings. The van der Waals surface area contributed by atoms with Crippen molar-refractivity contribution >= 4 is 21.3 Å². The summed E-state index contributed by atoms with van der Waals surface area (Å²) in [4.78, 5) is 49.2. The van der Waals surface area contributed by atoms with Crippen LogP contribution in [0.3, 0.4) is 0 Å². The second-order valence-corrected chi connectivity index (χ2v) is 8.01. The lowest BCUT2D eigenvalue weighted by Crippen LogP contribution is -2.44. The van der Waals surface area contributed by atoms with Crippen molar-refractivity contribution in [3.05, 3.63) is 30.1 Å². The van der Waals surface area contributed by atoms with Crippen molar-refractivity contribution in [2.24, 2.45) is 5.73 Å². The van der Waals surface area contributed by atoms with Gasteiger partial charge in [-0.15, -0.1) is 0 Å². The third-order valence-corrected chi connectivity index (χ3v) is 5.11. The predicted octanol–water partition coefficient (Wildman–Crippen LogP) is -2.78. The first-order valence-corrected chi connectivity index (χ1v) is 10.1. The Morgan fingerprint density at radius 1 is 1.30 bits per heavy atom. The molecule has 0 spiro atoms. The molecule has 9 N–H and O–H groups in total. The number of rotatable bonds is 5. The molecule has 4 atom stereocenters. The topological polar surface area (TPSA) is 250 Å². The molecule has 16 heteroatoms. The zero-order valence-corrected chi connectivity index (χ0v) is 15.1. The van der Waals surface area contributed by atoms with E-state index in [9.17, 15) is 24.1 Å². The zero-order chi connectivity index (χ0) is 21.0. The van der Waals surface area contributed by atoms with Crippen LogP contribution in [0.4, 0.5) is 0 Å². The Balaban J connectivity index is 0.000000337. The standard InChI is InChI=1S/C6H6N2O.C5H12O11P2/c7-6(9)5-2-1-3-8-4-5;6-1-2-3(7)4(8)5(15-2,17(9,10)11)16-18(12,13)14/h1-4H,(H2,7,9);2-4,6-8H,1H2,(H2,9,10,11)(H2,12,13,14)/t;2-,3-,4-,5?/m.1/s1. The molecule has 0 saturated carbocycles. The summed E-state index contributed by atoms with van der Waals surface area (Å²) in [6, 6.07) is 3.29. The number of pyridine rings is 1. The highest BCUT2D eigenvalue weighted by Crippen LogP contribution is 2.63. The molecule has 1 amide bonds. The second kappa shape index (κ2) is 8.82. The van der Waals surface area contributed by atoms with Gasteiger partial charge in [0.15, 0.2) is 0 Å². The first kappa shape index (κ1) is 23.8. The molecule has 0 bridgehead atoms. The highest BCUT2D eigenvalue weighted by Gasteiger charge is 2.68. The number of hydrogen-bond donors (Lipinski definition) is 8. The molecule has 1 unspecified atom stereocenters. The number of phosphoric acid groups is 1. The number of aliphatic hydroxyl groups excluding tert-OH is 3. The number of aromatic nitrogens is 1. The van der Waals surface area contributed by atoms with E-state index in [0.29, 0.717) is 5.56 Å². The van der Waals surface area contributed by atoms with E-state index >= 15 is 0 Å². The van der Waals surface area contributed by atoms with Crippen LogP contribution >= 0.6 is 15.4 Å². The molecule has 0 radical (unpaired) electrons. The van der Waals surface area contributed by atoms with Crippen molar-refractivity contribution in [1.82, 2.24) is 4.98 Å². The van der Waals surface area contributed by atoms with Gasteiger partial charge in [0.1, 0.15) is 18.3 Å². The van der Waals surface area contributed by atoms with Crippen molar-refractivity contribution < 1.29 is 58.1 Å². The van der Waals surface area contributed by atoms with Crippen molar-refractivity contribution in [3.8, 4) is 0 Å². The molecular weight excluding hydrogens is 414 g/mol. The minimum Gasteiger partial charge on any atom is -0.394 e. The van der Waals surface area contributed by atoms with Crippen molar-refractivity contribution in [2.75, 3.05) is 6.61 Å². The van der Waals surface area contributed by atoms with Crippen molar-refractivity contribution in [2.45, 2.75) is 23.8 Å². The van der Waals surface area contributed by atoms with Gasteiger partial charge in [-0.3, -0.25) is 14.3 Å². The van der Waals surface area contributed by atoms with Crippen LogP contribution in [-0.4, -0.2) is 76.2 Å². The fraction of sp³-hybridized carbons (Fsp3) is 0.455. The number of primary amides is 1. The van der Waals surface area contributed by atoms with E-state index in [1.54, 1.807) is 18.3 Å². The van der Waals surface area contributed by atoms with Gasteiger partial charge < -0.3 is 45.4 Å². The zero-order valence-electron chi connectivity index (χ0n) is 13.3. The van der Waals surface area contributed by atoms with Crippen molar-refractivity contribution in [3.63, 3.8) is 0 Å². The number of nitrogens with zero attached hydrogens (tertiary/aromatic N) is 1.